The lowest BCUT2D eigenvalue weighted by Gasteiger charge is -2.48. The Kier molecular flexibility index (Phi) is 5.88. The molecule has 0 bridgehead atoms. The van der Waals surface area contributed by atoms with Crippen LogP contribution in [-0.2, 0) is 4.79 Å². The van der Waals surface area contributed by atoms with Crippen LogP contribution in [0.25, 0.3) is 0 Å². The van der Waals surface area contributed by atoms with E-state index in [0.717, 1.165) is 31.4 Å². The summed E-state index contributed by atoms with van der Waals surface area (Å²) in [4.78, 5) is 14.6. The second-order valence-corrected chi connectivity index (χ2v) is 6.04. The molecule has 0 unspecified atom stereocenters. The number of carbonyl (C=O) groups excluding carboxylic acids is 1. The van der Waals surface area contributed by atoms with E-state index < -0.39 is 5.54 Å². The molecule has 1 aromatic rings. The number of nitrogens with one attached hydrogen (secondary N) is 1. The Bertz CT molecular complexity index is 597. The highest BCUT2D eigenvalue weighted by molar-refractivity contribution is 7.79. The lowest BCUT2D eigenvalue weighted by molar-refractivity contribution is -0.126. The van der Waals surface area contributed by atoms with E-state index in [9.17, 15) is 4.79 Å². The largest absolute Gasteiger partial charge is 0.493 e. The number of benzene rings is 1. The fraction of sp³-hybridized carbons (Fsp3) is 0.500. The Hall–Kier alpha value is -1.75. The minimum Gasteiger partial charge on any atom is -0.493 e. The summed E-state index contributed by atoms with van der Waals surface area (Å²) in [5, 5.41) is 7.60. The van der Waals surface area contributed by atoms with Gasteiger partial charge in [0.2, 0.25) is 0 Å². The van der Waals surface area contributed by atoms with Gasteiger partial charge in [-0.15, -0.1) is 0 Å². The molecule has 2 rings (SSSR count). The van der Waals surface area contributed by atoms with Crippen molar-refractivity contribution in [1.82, 2.24) is 0 Å². The van der Waals surface area contributed by atoms with Crippen molar-refractivity contribution in [1.29, 1.82) is 5.41 Å². The second-order valence-electron chi connectivity index (χ2n) is 5.83. The van der Waals surface area contributed by atoms with E-state index >= 15 is 0 Å². The van der Waals surface area contributed by atoms with Crippen LogP contribution in [0.3, 0.4) is 0 Å². The number of nitrogens with zero attached hydrogens (tertiary/aromatic N) is 1. The average Bonchev–Trinajstić information content (AvgIpc) is 2.51. The third-order valence-electron chi connectivity index (χ3n) is 4.47. The van der Waals surface area contributed by atoms with E-state index in [1.165, 1.54) is 6.21 Å². The van der Waals surface area contributed by atoms with Crippen LogP contribution >= 0.6 is 12.2 Å². The van der Waals surface area contributed by atoms with Gasteiger partial charge in [-0.3, -0.25) is 4.79 Å². The third-order valence-corrected chi connectivity index (χ3v) is 4.68. The van der Waals surface area contributed by atoms with Crippen molar-refractivity contribution in [3.63, 3.8) is 0 Å². The maximum Gasteiger partial charge on any atom is 0.158 e. The van der Waals surface area contributed by atoms with Crippen molar-refractivity contribution < 1.29 is 9.53 Å². The molecule has 0 aliphatic heterocycles. The van der Waals surface area contributed by atoms with Gasteiger partial charge in [-0.05, 0) is 50.8 Å². The quantitative estimate of drug-likeness (QED) is 0.545. The Balaban J connectivity index is 2.38. The van der Waals surface area contributed by atoms with Crippen LogP contribution in [0, 0.1) is 5.41 Å². The van der Waals surface area contributed by atoms with Crippen molar-refractivity contribution >= 4 is 35.4 Å². The van der Waals surface area contributed by atoms with Crippen molar-refractivity contribution in [3.8, 4) is 5.75 Å². The lowest BCUT2D eigenvalue weighted by Crippen LogP contribution is -2.59. The Morgan fingerprint density at radius 3 is 2.65 bits per heavy atom. The van der Waals surface area contributed by atoms with Crippen LogP contribution in [0.2, 0.25) is 0 Å². The SMILES string of the molecule is CCCC(=O)C1(N(C=S)c2ccc(OCC)c(C=N)c2)CCC1. The minimum absolute atomic E-state index is 0.262. The zero-order chi connectivity index (χ0) is 16.9. The average molecular weight is 332 g/mol. The van der Waals surface area contributed by atoms with Gasteiger partial charge in [0.1, 0.15) is 11.3 Å². The molecule has 0 atom stereocenters. The molecular weight excluding hydrogens is 308 g/mol. The normalized spacial score (nSPS) is 15.4. The summed E-state index contributed by atoms with van der Waals surface area (Å²) in [7, 11) is 0. The van der Waals surface area contributed by atoms with Crippen LogP contribution < -0.4 is 9.64 Å². The molecule has 0 amide bonds. The topological polar surface area (TPSA) is 53.4 Å². The van der Waals surface area contributed by atoms with Crippen LogP contribution in [0.1, 0.15) is 51.5 Å². The number of ketones is 1. The smallest absolute Gasteiger partial charge is 0.158 e. The van der Waals surface area contributed by atoms with E-state index in [-0.39, 0.29) is 5.78 Å². The first kappa shape index (κ1) is 17.6. The third kappa shape index (κ3) is 3.29. The summed E-state index contributed by atoms with van der Waals surface area (Å²) in [5.41, 5.74) is 2.63. The number of thiocarbonyl (C=S) groups is 1. The molecule has 0 spiro atoms. The predicted molar refractivity (Wildman–Crippen MR) is 98.1 cm³/mol. The number of Topliss-reactive ketones (excluding diaryl/α,β-unsaturated/α-hetero) is 1. The Labute approximate surface area is 143 Å². The molecule has 0 radical (unpaired) electrons. The number of carbonyl (C=O) groups is 1. The summed E-state index contributed by atoms with van der Waals surface area (Å²) in [6, 6.07) is 5.64. The summed E-state index contributed by atoms with van der Waals surface area (Å²) in [6.45, 7) is 4.49. The maximum absolute atomic E-state index is 12.7. The zero-order valence-electron chi connectivity index (χ0n) is 13.8. The molecule has 1 saturated carbocycles. The highest BCUT2D eigenvalue weighted by Crippen LogP contribution is 2.42. The molecule has 124 valence electrons. The monoisotopic (exact) mass is 332 g/mol. The highest BCUT2D eigenvalue weighted by Gasteiger charge is 2.47. The van der Waals surface area contributed by atoms with Gasteiger partial charge < -0.3 is 15.0 Å². The van der Waals surface area contributed by atoms with Gasteiger partial charge in [-0.1, -0.05) is 19.1 Å². The molecular formula is C18H24N2O2S. The first-order valence-electron chi connectivity index (χ1n) is 8.18. The summed E-state index contributed by atoms with van der Waals surface area (Å²) in [5.74, 6) is 0.941. The van der Waals surface area contributed by atoms with Crippen molar-refractivity contribution in [2.24, 2.45) is 0 Å². The van der Waals surface area contributed by atoms with Crippen LogP contribution in [-0.4, -0.2) is 29.6 Å². The second kappa shape index (κ2) is 7.68. The molecule has 5 heteroatoms. The summed E-state index contributed by atoms with van der Waals surface area (Å²) >= 11 is 5.23. The van der Waals surface area contributed by atoms with E-state index in [0.29, 0.717) is 24.3 Å². The lowest BCUT2D eigenvalue weighted by atomic mass is 9.71. The molecule has 1 N–H and O–H groups in total. The number of hydrogen-bond acceptors (Lipinski definition) is 4. The molecule has 1 aliphatic rings. The number of hydrogen-bond donors (Lipinski definition) is 1. The highest BCUT2D eigenvalue weighted by atomic mass is 32.1. The van der Waals surface area contributed by atoms with Crippen LogP contribution in [0.15, 0.2) is 18.2 Å². The summed E-state index contributed by atoms with van der Waals surface area (Å²) < 4.78 is 5.54. The Morgan fingerprint density at radius 2 is 2.17 bits per heavy atom. The van der Waals surface area contributed by atoms with Crippen molar-refractivity contribution in [3.05, 3.63) is 23.8 Å². The molecule has 1 fully saturated rings. The Morgan fingerprint density at radius 1 is 1.43 bits per heavy atom. The zero-order valence-corrected chi connectivity index (χ0v) is 14.6. The molecule has 1 aromatic carbocycles. The van der Waals surface area contributed by atoms with Gasteiger partial charge in [-0.2, -0.15) is 0 Å². The van der Waals surface area contributed by atoms with E-state index in [4.69, 9.17) is 22.4 Å². The first-order valence-corrected chi connectivity index (χ1v) is 8.65. The maximum atomic E-state index is 12.7. The number of ether oxygens (including phenoxy) is 1. The van der Waals surface area contributed by atoms with Crippen LogP contribution in [0.5, 0.6) is 5.75 Å². The summed E-state index contributed by atoms with van der Waals surface area (Å²) in [6.07, 6.45) is 5.42. The molecule has 1 aliphatic carbocycles. The predicted octanol–water partition coefficient (Wildman–Crippen LogP) is 4.14. The van der Waals surface area contributed by atoms with Gasteiger partial charge in [0, 0.05) is 23.9 Å². The fourth-order valence-corrected chi connectivity index (χ4v) is 3.44. The van der Waals surface area contributed by atoms with Gasteiger partial charge >= 0.3 is 0 Å². The number of rotatable bonds is 9. The van der Waals surface area contributed by atoms with Crippen molar-refractivity contribution in [2.75, 3.05) is 11.5 Å². The first-order chi connectivity index (χ1) is 11.1. The minimum atomic E-state index is -0.496. The van der Waals surface area contributed by atoms with Gasteiger partial charge in [-0.25, -0.2) is 0 Å². The van der Waals surface area contributed by atoms with E-state index in [2.05, 4.69) is 0 Å². The molecule has 4 nitrogen and oxygen atoms in total. The van der Waals surface area contributed by atoms with Gasteiger partial charge in [0.05, 0.1) is 12.1 Å². The molecule has 0 saturated heterocycles. The fourth-order valence-electron chi connectivity index (χ4n) is 3.12. The van der Waals surface area contributed by atoms with Gasteiger partial charge in [0.25, 0.3) is 0 Å². The standard InChI is InChI=1S/C18H24N2O2S/c1-3-6-17(21)18(9-5-10-18)20(13-23)15-7-8-16(22-4-2)14(11-15)12-19/h7-8,11-13,19H,3-6,9-10H2,1-2H3. The number of anilines is 1. The molecule has 23 heavy (non-hydrogen) atoms. The molecule has 0 aromatic heterocycles. The van der Waals surface area contributed by atoms with Gasteiger partial charge in [0.15, 0.2) is 5.78 Å². The van der Waals surface area contributed by atoms with E-state index in [1.54, 1.807) is 5.49 Å². The van der Waals surface area contributed by atoms with Crippen LogP contribution in [0.4, 0.5) is 5.69 Å². The van der Waals surface area contributed by atoms with Crippen molar-refractivity contribution in [2.45, 2.75) is 51.5 Å². The molecule has 0 heterocycles. The van der Waals surface area contributed by atoms with E-state index in [1.807, 2.05) is 36.9 Å².